The average Bonchev–Trinajstić information content (AvgIpc) is 3.09. The molecule has 3 aromatic rings. The van der Waals surface area contributed by atoms with Crippen LogP contribution in [0.15, 0.2) is 62.0 Å². The molecular formula is C20H19F2N5O4. The van der Waals surface area contributed by atoms with E-state index in [9.17, 15) is 13.6 Å². The molecule has 9 nitrogen and oxygen atoms in total. The van der Waals surface area contributed by atoms with Crippen molar-refractivity contribution in [1.82, 2.24) is 10.3 Å². The van der Waals surface area contributed by atoms with Crippen LogP contribution in [0.4, 0.5) is 14.5 Å². The lowest BCUT2D eigenvalue weighted by Crippen LogP contribution is -2.51. The first kappa shape index (κ1) is 20.4. The third kappa shape index (κ3) is 4.08. The van der Waals surface area contributed by atoms with Crippen LogP contribution in [-0.2, 0) is 5.79 Å². The molecule has 1 atom stereocenters. The molecule has 11 heteroatoms. The Morgan fingerprint density at radius 3 is 2.77 bits per heavy atom. The molecule has 0 spiro atoms. The third-order valence-electron chi connectivity index (χ3n) is 4.68. The van der Waals surface area contributed by atoms with E-state index in [1.54, 1.807) is 30.5 Å². The van der Waals surface area contributed by atoms with Crippen molar-refractivity contribution in [3.63, 3.8) is 0 Å². The van der Waals surface area contributed by atoms with Crippen LogP contribution in [0.1, 0.15) is 12.5 Å². The molecule has 0 fully saturated rings. The van der Waals surface area contributed by atoms with Gasteiger partial charge in [-0.15, -0.1) is 0 Å². The SMILES string of the molecule is COc1ccc(C2(N)N=CC(C)=C(Nc3ccc4oc(=O)[nH]c4c3)N2)cc1OC(F)F. The Morgan fingerprint density at radius 1 is 1.23 bits per heavy atom. The number of fused-ring (bicyclic) bond motifs is 1. The zero-order valence-electron chi connectivity index (χ0n) is 16.5. The average molecular weight is 431 g/mol. The molecule has 0 saturated heterocycles. The number of ether oxygens (including phenoxy) is 2. The van der Waals surface area contributed by atoms with Crippen molar-refractivity contribution in [3.05, 3.63) is 63.9 Å². The van der Waals surface area contributed by atoms with Crippen LogP contribution in [0, 0.1) is 0 Å². The summed E-state index contributed by atoms with van der Waals surface area (Å²) < 4.78 is 40.2. The predicted molar refractivity (Wildman–Crippen MR) is 110 cm³/mol. The number of rotatable bonds is 6. The van der Waals surface area contributed by atoms with Crippen LogP contribution in [0.2, 0.25) is 0 Å². The second-order valence-electron chi connectivity index (χ2n) is 6.80. The van der Waals surface area contributed by atoms with E-state index in [0.717, 1.165) is 5.57 Å². The van der Waals surface area contributed by atoms with Gasteiger partial charge in [0.1, 0.15) is 5.82 Å². The van der Waals surface area contributed by atoms with E-state index >= 15 is 0 Å². The van der Waals surface area contributed by atoms with Crippen molar-refractivity contribution in [2.24, 2.45) is 10.7 Å². The Kier molecular flexibility index (Phi) is 5.11. The molecule has 162 valence electrons. The van der Waals surface area contributed by atoms with Gasteiger partial charge in [0.15, 0.2) is 17.1 Å². The van der Waals surface area contributed by atoms with E-state index in [0.29, 0.717) is 28.2 Å². The molecule has 0 bridgehead atoms. The fourth-order valence-corrected chi connectivity index (χ4v) is 3.14. The number of methoxy groups -OCH3 is 1. The van der Waals surface area contributed by atoms with E-state index in [1.807, 2.05) is 6.92 Å². The maximum absolute atomic E-state index is 12.8. The molecule has 0 amide bonds. The number of anilines is 1. The van der Waals surface area contributed by atoms with Crippen molar-refractivity contribution < 1.29 is 22.7 Å². The van der Waals surface area contributed by atoms with Gasteiger partial charge in [-0.25, -0.2) is 9.79 Å². The highest BCUT2D eigenvalue weighted by Crippen LogP contribution is 2.34. The minimum atomic E-state index is -3.02. The highest BCUT2D eigenvalue weighted by atomic mass is 19.3. The summed E-state index contributed by atoms with van der Waals surface area (Å²) >= 11 is 0. The molecule has 2 heterocycles. The maximum Gasteiger partial charge on any atom is 0.417 e. The number of halogens is 2. The Labute approximate surface area is 174 Å². The van der Waals surface area contributed by atoms with Crippen molar-refractivity contribution in [2.75, 3.05) is 12.4 Å². The zero-order chi connectivity index (χ0) is 22.2. The zero-order valence-corrected chi connectivity index (χ0v) is 16.5. The van der Waals surface area contributed by atoms with Gasteiger partial charge in [-0.1, -0.05) is 0 Å². The van der Waals surface area contributed by atoms with Gasteiger partial charge in [-0.2, -0.15) is 8.78 Å². The lowest BCUT2D eigenvalue weighted by molar-refractivity contribution is -0.0513. The van der Waals surface area contributed by atoms with E-state index in [-0.39, 0.29) is 11.5 Å². The summed E-state index contributed by atoms with van der Waals surface area (Å²) in [5, 5.41) is 6.27. The quantitative estimate of drug-likeness (QED) is 0.473. The molecule has 0 saturated carbocycles. The van der Waals surface area contributed by atoms with E-state index < -0.39 is 18.2 Å². The number of nitrogens with two attached hydrogens (primary N) is 1. The van der Waals surface area contributed by atoms with Gasteiger partial charge in [0.05, 0.1) is 12.6 Å². The standard InChI is InChI=1S/C20H19F2N5O4/c1-10-9-24-20(23,11-3-5-15(29-2)16(7-11)30-18(21)22)27-17(10)25-12-4-6-14-13(8-12)26-19(28)31-14/h3-9,18,25,27H,23H2,1-2H3,(H,26,28). The fraction of sp³-hybridized carbons (Fsp3) is 0.200. The van der Waals surface area contributed by atoms with Crippen molar-refractivity contribution in [2.45, 2.75) is 19.3 Å². The number of hydrogen-bond acceptors (Lipinski definition) is 8. The Balaban J connectivity index is 1.62. The van der Waals surface area contributed by atoms with Crippen LogP contribution in [-0.4, -0.2) is 24.9 Å². The number of alkyl halides is 2. The summed E-state index contributed by atoms with van der Waals surface area (Å²) in [6.45, 7) is -1.21. The van der Waals surface area contributed by atoms with Gasteiger partial charge in [-0.3, -0.25) is 10.7 Å². The van der Waals surface area contributed by atoms with E-state index in [1.165, 1.54) is 19.2 Å². The Morgan fingerprint density at radius 2 is 2.03 bits per heavy atom. The molecule has 2 aromatic carbocycles. The monoisotopic (exact) mass is 431 g/mol. The van der Waals surface area contributed by atoms with Crippen LogP contribution in [0.5, 0.6) is 11.5 Å². The first-order valence-electron chi connectivity index (χ1n) is 9.14. The van der Waals surface area contributed by atoms with Crippen molar-refractivity contribution in [1.29, 1.82) is 0 Å². The van der Waals surface area contributed by atoms with Gasteiger partial charge in [0.25, 0.3) is 0 Å². The smallest absolute Gasteiger partial charge is 0.417 e. The first-order valence-corrected chi connectivity index (χ1v) is 9.14. The lowest BCUT2D eigenvalue weighted by atomic mass is 10.1. The number of nitrogens with one attached hydrogen (secondary N) is 3. The number of aliphatic imine (C=N–C) groups is 1. The second kappa shape index (κ2) is 7.76. The number of aromatic nitrogens is 1. The Bertz CT molecular complexity index is 1250. The molecule has 4 rings (SSSR count). The molecule has 0 aliphatic carbocycles. The Hall–Kier alpha value is -3.86. The number of nitrogens with zero attached hydrogens (tertiary/aromatic N) is 1. The first-order chi connectivity index (χ1) is 14.8. The topological polar surface area (TPSA) is 127 Å². The summed E-state index contributed by atoms with van der Waals surface area (Å²) in [4.78, 5) is 18.3. The molecule has 1 aromatic heterocycles. The maximum atomic E-state index is 12.8. The number of benzene rings is 2. The molecule has 0 radical (unpaired) electrons. The van der Waals surface area contributed by atoms with Crippen LogP contribution >= 0.6 is 0 Å². The minimum Gasteiger partial charge on any atom is -0.493 e. The number of allylic oxidation sites excluding steroid dienone is 1. The highest BCUT2D eigenvalue weighted by molar-refractivity contribution is 5.83. The minimum absolute atomic E-state index is 0.139. The summed E-state index contributed by atoms with van der Waals surface area (Å²) in [6.07, 6.45) is 1.56. The van der Waals surface area contributed by atoms with Crippen molar-refractivity contribution in [3.8, 4) is 11.5 Å². The number of aromatic amines is 1. The molecule has 1 aliphatic rings. The van der Waals surface area contributed by atoms with Gasteiger partial charge in [0.2, 0.25) is 5.79 Å². The van der Waals surface area contributed by atoms with E-state index in [4.69, 9.17) is 14.9 Å². The van der Waals surface area contributed by atoms with Crippen LogP contribution in [0.3, 0.4) is 0 Å². The lowest BCUT2D eigenvalue weighted by Gasteiger charge is -2.33. The van der Waals surface area contributed by atoms with Crippen LogP contribution < -0.4 is 31.6 Å². The highest BCUT2D eigenvalue weighted by Gasteiger charge is 2.31. The van der Waals surface area contributed by atoms with Crippen molar-refractivity contribution >= 4 is 23.0 Å². The van der Waals surface area contributed by atoms with Gasteiger partial charge in [-0.05, 0) is 43.3 Å². The summed E-state index contributed by atoms with van der Waals surface area (Å²) in [5.74, 6) is -1.49. The molecular weight excluding hydrogens is 412 g/mol. The fourth-order valence-electron chi connectivity index (χ4n) is 3.14. The predicted octanol–water partition coefficient (Wildman–Crippen LogP) is 2.82. The summed E-state index contributed by atoms with van der Waals surface area (Å²) in [5.41, 5.74) is 9.18. The van der Waals surface area contributed by atoms with Gasteiger partial charge >= 0.3 is 12.4 Å². The number of hydrogen-bond donors (Lipinski definition) is 4. The largest absolute Gasteiger partial charge is 0.493 e. The summed E-state index contributed by atoms with van der Waals surface area (Å²) in [6, 6.07) is 9.49. The molecule has 31 heavy (non-hydrogen) atoms. The number of oxazole rings is 1. The molecule has 1 unspecified atom stereocenters. The van der Waals surface area contributed by atoms with E-state index in [2.05, 4.69) is 25.3 Å². The third-order valence-corrected chi connectivity index (χ3v) is 4.68. The van der Waals surface area contributed by atoms with Gasteiger partial charge in [0, 0.05) is 23.0 Å². The van der Waals surface area contributed by atoms with Crippen LogP contribution in [0.25, 0.3) is 11.1 Å². The molecule has 5 N–H and O–H groups in total. The normalized spacial score (nSPS) is 18.4. The molecule has 1 aliphatic heterocycles. The summed E-state index contributed by atoms with van der Waals surface area (Å²) in [7, 11) is 1.35. The number of H-pyrrole nitrogens is 1. The van der Waals surface area contributed by atoms with Gasteiger partial charge < -0.3 is 24.5 Å². The second-order valence-corrected chi connectivity index (χ2v) is 6.80.